The first kappa shape index (κ1) is 20.2. The Balaban J connectivity index is 0.00000109. The molecular weight excluding hydrogens is 344 g/mol. The summed E-state index contributed by atoms with van der Waals surface area (Å²) < 4.78 is 0. The number of fused-ring (bicyclic) bond motifs is 1. The minimum absolute atomic E-state index is 0.0420. The van der Waals surface area contributed by atoms with E-state index in [1.807, 2.05) is 13.8 Å². The Morgan fingerprint density at radius 3 is 2.25 bits per heavy atom. The first-order chi connectivity index (χ1) is 13.7. The monoisotopic (exact) mass is 378 g/mol. The van der Waals surface area contributed by atoms with Crippen LogP contribution >= 0.6 is 0 Å². The fraction of sp³-hybridized carbons (Fsp3) is 0.458. The molecular formula is C24H34N4. The summed E-state index contributed by atoms with van der Waals surface area (Å²) in [6.45, 7) is 4.70. The third kappa shape index (κ3) is 4.16. The third-order valence-corrected chi connectivity index (χ3v) is 5.60. The number of rotatable bonds is 3. The van der Waals surface area contributed by atoms with Gasteiger partial charge in [-0.1, -0.05) is 63.4 Å². The van der Waals surface area contributed by atoms with Crippen molar-refractivity contribution in [3.05, 3.63) is 54.1 Å². The number of para-hydroxylation sites is 3. The van der Waals surface area contributed by atoms with Gasteiger partial charge in [-0.2, -0.15) is 0 Å². The second kappa shape index (κ2) is 9.13. The summed E-state index contributed by atoms with van der Waals surface area (Å²) in [4.78, 5) is 7.25. The van der Waals surface area contributed by atoms with Crippen LogP contribution in [0.1, 0.15) is 51.5 Å². The van der Waals surface area contributed by atoms with Crippen LogP contribution in [-0.4, -0.2) is 25.5 Å². The lowest BCUT2D eigenvalue weighted by Gasteiger charge is -2.44. The fourth-order valence-electron chi connectivity index (χ4n) is 4.22. The van der Waals surface area contributed by atoms with E-state index in [9.17, 15) is 0 Å². The molecule has 2 N–H and O–H groups in total. The number of hydrogen-bond donors (Lipinski definition) is 2. The number of anilines is 3. The number of amidine groups is 1. The molecule has 0 bridgehead atoms. The Kier molecular flexibility index (Phi) is 6.61. The van der Waals surface area contributed by atoms with Crippen molar-refractivity contribution in [1.82, 2.24) is 0 Å². The normalized spacial score (nSPS) is 18.4. The number of benzene rings is 2. The summed E-state index contributed by atoms with van der Waals surface area (Å²) in [5, 5.41) is 7.48. The highest BCUT2D eigenvalue weighted by atomic mass is 15.2. The molecule has 2 aromatic rings. The van der Waals surface area contributed by atoms with Crippen molar-refractivity contribution >= 4 is 22.9 Å². The molecule has 0 atom stereocenters. The summed E-state index contributed by atoms with van der Waals surface area (Å²) in [5.41, 5.74) is 4.78. The summed E-state index contributed by atoms with van der Waals surface area (Å²) in [6.07, 6.45) is 6.11. The molecule has 4 rings (SSSR count). The highest BCUT2D eigenvalue weighted by Gasteiger charge is 2.40. The van der Waals surface area contributed by atoms with Gasteiger partial charge in [-0.15, -0.1) is 0 Å². The van der Waals surface area contributed by atoms with Crippen molar-refractivity contribution < 1.29 is 0 Å². The van der Waals surface area contributed by atoms with Crippen LogP contribution in [-0.2, 0) is 6.54 Å². The zero-order chi connectivity index (χ0) is 20.0. The maximum absolute atomic E-state index is 5.09. The van der Waals surface area contributed by atoms with E-state index in [1.54, 1.807) is 0 Å². The molecule has 2 aromatic carbocycles. The van der Waals surface area contributed by atoms with Gasteiger partial charge in [0.1, 0.15) is 5.84 Å². The molecule has 150 valence electrons. The summed E-state index contributed by atoms with van der Waals surface area (Å²) in [5.74, 6) is 1.10. The molecule has 1 heterocycles. The van der Waals surface area contributed by atoms with E-state index in [1.165, 1.54) is 36.2 Å². The van der Waals surface area contributed by atoms with E-state index < -0.39 is 0 Å². The van der Waals surface area contributed by atoms with Gasteiger partial charge in [0.2, 0.25) is 0 Å². The SMILES string of the molecule is CC.CN(C)c1ccccc1CN=C1Nc2ccccc2NC12CCCCC2. The average molecular weight is 379 g/mol. The van der Waals surface area contributed by atoms with Crippen molar-refractivity contribution in [1.29, 1.82) is 0 Å². The molecule has 1 fully saturated rings. The van der Waals surface area contributed by atoms with Gasteiger partial charge in [0.15, 0.2) is 0 Å². The Morgan fingerprint density at radius 2 is 1.54 bits per heavy atom. The van der Waals surface area contributed by atoms with Crippen LogP contribution in [0.25, 0.3) is 0 Å². The molecule has 4 heteroatoms. The van der Waals surface area contributed by atoms with Gasteiger partial charge in [-0.05, 0) is 36.6 Å². The third-order valence-electron chi connectivity index (χ3n) is 5.60. The second-order valence-electron chi connectivity index (χ2n) is 7.63. The number of nitrogens with zero attached hydrogens (tertiary/aromatic N) is 2. The molecule has 1 aliphatic carbocycles. The van der Waals surface area contributed by atoms with E-state index in [4.69, 9.17) is 4.99 Å². The van der Waals surface area contributed by atoms with Crippen molar-refractivity contribution in [2.24, 2.45) is 4.99 Å². The molecule has 0 unspecified atom stereocenters. The van der Waals surface area contributed by atoms with Gasteiger partial charge >= 0.3 is 0 Å². The molecule has 28 heavy (non-hydrogen) atoms. The molecule has 0 radical (unpaired) electrons. The zero-order valence-electron chi connectivity index (χ0n) is 17.8. The van der Waals surface area contributed by atoms with E-state index in [0.717, 1.165) is 24.4 Å². The van der Waals surface area contributed by atoms with Crippen LogP contribution in [0.15, 0.2) is 53.5 Å². The summed E-state index contributed by atoms with van der Waals surface area (Å²) in [7, 11) is 4.18. The van der Waals surface area contributed by atoms with Gasteiger partial charge in [0, 0.05) is 19.8 Å². The van der Waals surface area contributed by atoms with Crippen LogP contribution in [0.4, 0.5) is 17.1 Å². The molecule has 1 aliphatic heterocycles. The molecule has 0 saturated heterocycles. The van der Waals surface area contributed by atoms with Gasteiger partial charge in [0.25, 0.3) is 0 Å². The van der Waals surface area contributed by atoms with Crippen LogP contribution in [0.5, 0.6) is 0 Å². The fourth-order valence-corrected chi connectivity index (χ4v) is 4.22. The van der Waals surface area contributed by atoms with E-state index in [0.29, 0.717) is 6.54 Å². The lowest BCUT2D eigenvalue weighted by molar-refractivity contribution is 0.403. The highest BCUT2D eigenvalue weighted by molar-refractivity contribution is 6.09. The van der Waals surface area contributed by atoms with Crippen LogP contribution in [0, 0.1) is 0 Å². The lowest BCUT2D eigenvalue weighted by Crippen LogP contribution is -2.53. The Morgan fingerprint density at radius 1 is 0.893 bits per heavy atom. The van der Waals surface area contributed by atoms with Crippen LogP contribution in [0.3, 0.4) is 0 Å². The van der Waals surface area contributed by atoms with Crippen LogP contribution < -0.4 is 15.5 Å². The topological polar surface area (TPSA) is 39.7 Å². The van der Waals surface area contributed by atoms with Gasteiger partial charge in [-0.3, -0.25) is 4.99 Å². The van der Waals surface area contributed by atoms with E-state index >= 15 is 0 Å². The molecule has 0 aromatic heterocycles. The van der Waals surface area contributed by atoms with Gasteiger partial charge in [0.05, 0.1) is 23.5 Å². The van der Waals surface area contributed by atoms with Gasteiger partial charge in [-0.25, -0.2) is 0 Å². The number of nitrogens with one attached hydrogen (secondary N) is 2. The highest BCUT2D eigenvalue weighted by Crippen LogP contribution is 2.39. The smallest absolute Gasteiger partial charge is 0.127 e. The van der Waals surface area contributed by atoms with E-state index in [2.05, 4.69) is 78.2 Å². The summed E-state index contributed by atoms with van der Waals surface area (Å²) in [6, 6.07) is 17.0. The van der Waals surface area contributed by atoms with Crippen molar-refractivity contribution in [3.8, 4) is 0 Å². The van der Waals surface area contributed by atoms with E-state index in [-0.39, 0.29) is 5.54 Å². The Labute approximate surface area is 170 Å². The quantitative estimate of drug-likeness (QED) is 0.696. The maximum Gasteiger partial charge on any atom is 0.127 e. The van der Waals surface area contributed by atoms with Gasteiger partial charge < -0.3 is 15.5 Å². The first-order valence-corrected chi connectivity index (χ1v) is 10.6. The molecule has 4 nitrogen and oxygen atoms in total. The average Bonchev–Trinajstić information content (AvgIpc) is 2.74. The lowest BCUT2D eigenvalue weighted by atomic mass is 9.79. The molecule has 1 spiro atoms. The minimum Gasteiger partial charge on any atom is -0.377 e. The standard InChI is InChI=1S/C22H28N4.C2H6/c1-26(2)20-13-7-4-10-17(20)16-23-21-22(14-8-3-9-15-22)25-19-12-6-5-11-18(19)24-21;1-2/h4-7,10-13,25H,3,8-9,14-16H2,1-2H3,(H,23,24);1-2H3. The molecule has 2 aliphatic rings. The zero-order valence-corrected chi connectivity index (χ0v) is 17.8. The maximum atomic E-state index is 5.09. The predicted molar refractivity (Wildman–Crippen MR) is 123 cm³/mol. The molecule has 0 amide bonds. The Hall–Kier alpha value is -2.49. The van der Waals surface area contributed by atoms with Crippen molar-refractivity contribution in [2.75, 3.05) is 29.6 Å². The first-order valence-electron chi connectivity index (χ1n) is 10.6. The largest absolute Gasteiger partial charge is 0.377 e. The van der Waals surface area contributed by atoms with Crippen LogP contribution in [0.2, 0.25) is 0 Å². The second-order valence-corrected chi connectivity index (χ2v) is 7.63. The predicted octanol–water partition coefficient (Wildman–Crippen LogP) is 5.92. The number of hydrogen-bond acceptors (Lipinski definition) is 3. The van der Waals surface area contributed by atoms with Crippen molar-refractivity contribution in [2.45, 2.75) is 58.0 Å². The summed E-state index contributed by atoms with van der Waals surface area (Å²) >= 11 is 0. The molecule has 1 saturated carbocycles. The number of aliphatic imine (C=N–C) groups is 1. The minimum atomic E-state index is -0.0420. The van der Waals surface area contributed by atoms with Crippen molar-refractivity contribution in [3.63, 3.8) is 0 Å². The Bertz CT molecular complexity index is 804.